The van der Waals surface area contributed by atoms with Crippen molar-refractivity contribution in [3.63, 3.8) is 0 Å². The highest BCUT2D eigenvalue weighted by molar-refractivity contribution is 5.92. The smallest absolute Gasteiger partial charge is 0.356 e. The number of methoxy groups -OCH3 is 1. The molecule has 4 fully saturated rings. The van der Waals surface area contributed by atoms with E-state index in [4.69, 9.17) is 34.5 Å². The predicted molar refractivity (Wildman–Crippen MR) is 231 cm³/mol. The van der Waals surface area contributed by atoms with E-state index in [-0.39, 0.29) is 42.6 Å². The summed E-state index contributed by atoms with van der Waals surface area (Å²) in [4.78, 5) is 59.6. The second-order valence-electron chi connectivity index (χ2n) is 14.9. The summed E-state index contributed by atoms with van der Waals surface area (Å²) in [5, 5.41) is 28.0. The zero-order valence-corrected chi connectivity index (χ0v) is 35.8. The molecule has 0 unspecified atom stereocenters. The number of amides is 3. The highest BCUT2D eigenvalue weighted by Gasteiger charge is 2.43. The Bertz CT molecular complexity index is 2510. The van der Waals surface area contributed by atoms with Crippen LogP contribution in [0.2, 0.25) is 0 Å². The molecule has 64 heavy (non-hydrogen) atoms. The van der Waals surface area contributed by atoms with Crippen molar-refractivity contribution in [3.8, 4) is 57.7 Å². The van der Waals surface area contributed by atoms with Gasteiger partial charge in [-0.3, -0.25) is 14.4 Å². The van der Waals surface area contributed by atoms with Gasteiger partial charge in [0, 0.05) is 93.7 Å². The number of esters is 1. The molecule has 18 heteroatoms. The van der Waals surface area contributed by atoms with E-state index in [1.165, 1.54) is 29.0 Å². The van der Waals surface area contributed by atoms with Crippen molar-refractivity contribution >= 4 is 23.7 Å². The number of rotatable bonds is 8. The zero-order valence-electron chi connectivity index (χ0n) is 35.8. The third kappa shape index (κ3) is 11.4. The average molecular weight is 879 g/mol. The number of nitrogens with zero attached hydrogens (tertiary/aromatic N) is 4. The molecule has 0 spiro atoms. The molecule has 0 radical (unpaired) electrons. The minimum Gasteiger partial charge on any atom is -0.485 e. The van der Waals surface area contributed by atoms with Gasteiger partial charge in [-0.05, 0) is 24.3 Å². The first-order valence-corrected chi connectivity index (χ1v) is 19.8. The number of aromatic nitrogens is 2. The van der Waals surface area contributed by atoms with E-state index in [1.54, 1.807) is 62.6 Å². The number of likely N-dealkylation sites (tertiary alicyclic amines) is 2. The van der Waals surface area contributed by atoms with Gasteiger partial charge >= 0.3 is 5.97 Å². The number of nitrogens with two attached hydrogens (primary N) is 1. The summed E-state index contributed by atoms with van der Waals surface area (Å²) < 4.78 is 26.7. The van der Waals surface area contributed by atoms with E-state index >= 15 is 0 Å². The van der Waals surface area contributed by atoms with Crippen LogP contribution in [0.3, 0.4) is 0 Å². The molecule has 4 aliphatic rings. The first-order valence-electron chi connectivity index (χ1n) is 19.8. The summed E-state index contributed by atoms with van der Waals surface area (Å²) in [6.45, 7) is 2.89. The van der Waals surface area contributed by atoms with Crippen LogP contribution in [0.4, 0.5) is 0 Å². The van der Waals surface area contributed by atoms with Crippen LogP contribution in [0.15, 0.2) is 72.8 Å². The lowest BCUT2D eigenvalue weighted by molar-refractivity contribution is -0.138. The van der Waals surface area contributed by atoms with Gasteiger partial charge in [0.05, 0.1) is 44.9 Å². The van der Waals surface area contributed by atoms with Gasteiger partial charge in [-0.15, -0.1) is 0 Å². The van der Waals surface area contributed by atoms with Crippen LogP contribution < -0.4 is 21.4 Å². The van der Waals surface area contributed by atoms with E-state index < -0.39 is 34.9 Å². The molecule has 4 saturated heterocycles. The largest absolute Gasteiger partial charge is 0.485 e. The molecule has 2 aromatic heterocycles. The molecule has 0 bridgehead atoms. The van der Waals surface area contributed by atoms with Gasteiger partial charge < -0.3 is 60.7 Å². The number of aliphatic hydroxyl groups is 3. The normalized spacial score (nSPS) is 19.9. The summed E-state index contributed by atoms with van der Waals surface area (Å²) in [6.07, 6.45) is 0.397. The fourth-order valence-electron chi connectivity index (χ4n) is 6.53. The van der Waals surface area contributed by atoms with Crippen LogP contribution in [0.25, 0.3) is 22.5 Å². The molecule has 4 aromatic rings. The molecule has 2 atom stereocenters. The fourth-order valence-corrected chi connectivity index (χ4v) is 6.53. The molecule has 4 aliphatic heterocycles. The number of hydrogen-bond acceptors (Lipinski definition) is 15. The second-order valence-corrected chi connectivity index (χ2v) is 14.9. The van der Waals surface area contributed by atoms with Crippen LogP contribution in [0.1, 0.15) is 44.9 Å². The van der Waals surface area contributed by atoms with Crippen molar-refractivity contribution in [2.45, 2.75) is 36.3 Å². The quantitative estimate of drug-likeness (QED) is 0.124. The fraction of sp³-hybridized carbons (Fsp3) is 0.348. The number of pyridine rings is 2. The number of likely N-dealkylation sites (N-methyl/N-ethyl adjacent to an activating group) is 2. The molecule has 0 saturated carbocycles. The Morgan fingerprint density at radius 1 is 0.719 bits per heavy atom. The Hall–Kier alpha value is -6.90. The number of aliphatic hydroxyl groups excluding tert-OH is 1. The SMILES string of the molecule is CN1CC[C@@](O)(C#Cc2cccc(-c3cc(OC4COC4)cc(C(N)=O)n3)c2)C1=O.CO.COC(=O)c1cc(OC2COC2)cc(-c2cccc(C#C[C@]3(O)CCN(C)C3=O)c2)n1.N. The molecule has 8 rings (SSSR count). The number of ether oxygens (including phenoxy) is 5. The van der Waals surface area contributed by atoms with E-state index in [0.717, 1.165) is 7.11 Å². The average Bonchev–Trinajstić information content (AvgIpc) is 3.69. The van der Waals surface area contributed by atoms with Crippen LogP contribution in [0.5, 0.6) is 11.5 Å². The van der Waals surface area contributed by atoms with Gasteiger partial charge in [0.1, 0.15) is 29.4 Å². The predicted octanol–water partition coefficient (Wildman–Crippen LogP) is 1.60. The van der Waals surface area contributed by atoms with Gasteiger partial charge in [-0.1, -0.05) is 47.9 Å². The van der Waals surface area contributed by atoms with Crippen molar-refractivity contribution in [2.24, 2.45) is 5.73 Å². The minimum absolute atomic E-state index is 0. The van der Waals surface area contributed by atoms with Gasteiger partial charge in [-0.2, -0.15) is 0 Å². The molecule has 8 N–H and O–H groups in total. The molecular formula is C46H50N6O12. The Kier molecular flexibility index (Phi) is 15.8. The molecule has 18 nitrogen and oxygen atoms in total. The number of primary amides is 1. The van der Waals surface area contributed by atoms with E-state index in [0.29, 0.717) is 84.7 Å². The topological polar surface area (TPSA) is 268 Å². The van der Waals surface area contributed by atoms with Crippen molar-refractivity contribution in [1.82, 2.24) is 25.9 Å². The highest BCUT2D eigenvalue weighted by Crippen LogP contribution is 2.29. The first-order chi connectivity index (χ1) is 30.2. The molecule has 0 aliphatic carbocycles. The molecular weight excluding hydrogens is 829 g/mol. The van der Waals surface area contributed by atoms with Gasteiger partial charge in [0.2, 0.25) is 11.2 Å². The number of hydrogen-bond donors (Lipinski definition) is 5. The van der Waals surface area contributed by atoms with Crippen molar-refractivity contribution < 1.29 is 58.2 Å². The Labute approximate surface area is 369 Å². The van der Waals surface area contributed by atoms with Gasteiger partial charge in [-0.25, -0.2) is 14.8 Å². The van der Waals surface area contributed by atoms with E-state index in [2.05, 4.69) is 33.6 Å². The summed E-state index contributed by atoms with van der Waals surface area (Å²) >= 11 is 0. The molecule has 3 amide bonds. The van der Waals surface area contributed by atoms with Crippen LogP contribution >= 0.6 is 0 Å². The summed E-state index contributed by atoms with van der Waals surface area (Å²) in [5.74, 6) is 10.1. The minimum atomic E-state index is -1.67. The van der Waals surface area contributed by atoms with Crippen molar-refractivity contribution in [3.05, 3.63) is 95.3 Å². The van der Waals surface area contributed by atoms with E-state index in [1.807, 2.05) is 12.1 Å². The maximum Gasteiger partial charge on any atom is 0.356 e. The van der Waals surface area contributed by atoms with Crippen LogP contribution in [-0.2, 0) is 23.8 Å². The first kappa shape index (κ1) is 48.1. The van der Waals surface area contributed by atoms with Crippen LogP contribution in [0, 0.1) is 23.7 Å². The third-order valence-corrected chi connectivity index (χ3v) is 10.2. The monoisotopic (exact) mass is 878 g/mol. The lowest BCUT2D eigenvalue weighted by Gasteiger charge is -2.27. The lowest BCUT2D eigenvalue weighted by atomic mass is 10.0. The molecule has 6 heterocycles. The van der Waals surface area contributed by atoms with E-state index in [9.17, 15) is 29.4 Å². The zero-order chi connectivity index (χ0) is 45.3. The Morgan fingerprint density at radius 2 is 1.14 bits per heavy atom. The Balaban J connectivity index is 0.000000229. The number of carbonyl (C=O) groups excluding carboxylic acids is 4. The highest BCUT2D eigenvalue weighted by atomic mass is 16.6. The second kappa shape index (κ2) is 21.0. The number of benzene rings is 2. The van der Waals surface area contributed by atoms with Crippen LogP contribution in [-0.4, -0.2) is 150 Å². The maximum absolute atomic E-state index is 12.1. The summed E-state index contributed by atoms with van der Waals surface area (Å²) in [7, 11) is 5.56. The molecule has 336 valence electrons. The summed E-state index contributed by atoms with van der Waals surface area (Å²) in [5.41, 5.74) is 5.93. The molecule has 2 aromatic carbocycles. The maximum atomic E-state index is 12.1. The number of carbonyl (C=O) groups is 4. The summed E-state index contributed by atoms with van der Waals surface area (Å²) in [6, 6.07) is 20.8. The van der Waals surface area contributed by atoms with Gasteiger partial charge in [0.25, 0.3) is 17.7 Å². The Morgan fingerprint density at radius 3 is 1.50 bits per heavy atom. The third-order valence-electron chi connectivity index (χ3n) is 10.2. The van der Waals surface area contributed by atoms with Crippen molar-refractivity contribution in [1.29, 1.82) is 0 Å². The van der Waals surface area contributed by atoms with Crippen molar-refractivity contribution in [2.75, 3.05) is 67.8 Å². The lowest BCUT2D eigenvalue weighted by Crippen LogP contribution is -2.38. The van der Waals surface area contributed by atoms with Gasteiger partial charge in [0.15, 0.2) is 5.69 Å². The standard InChI is InChI=1S/C23H22N2O6.C22H21N3O5.CH4O.H3N/c1-25-9-8-23(28,22(25)27)7-6-15-4-3-5-16(10-15)19-11-17(31-18-13-30-14-18)12-20(24-19)21(26)29-2;1-25-8-7-22(28,21(25)27)6-5-14-3-2-4-15(9-14)18-10-16(30-17-12-29-13-17)11-19(24-18)20(23)26;1-2;/h3-5,10-12,18,28H,8-9,13-14H2,1-2H3;2-4,9-11,17,28H,7-8,12-13H2,1H3,(H2,23,26);2H,1H3;1H3/t23-;22-;;/m00../s1.